The first kappa shape index (κ1) is 18.2. The lowest BCUT2D eigenvalue weighted by molar-refractivity contribution is -0.134. The van der Waals surface area contributed by atoms with Crippen LogP contribution >= 0.6 is 12.4 Å². The van der Waals surface area contributed by atoms with Crippen molar-refractivity contribution < 1.29 is 4.79 Å². The van der Waals surface area contributed by atoms with Gasteiger partial charge in [0.2, 0.25) is 5.91 Å². The molecule has 5 nitrogen and oxygen atoms in total. The summed E-state index contributed by atoms with van der Waals surface area (Å²) in [5.74, 6) is 0.112. The normalized spacial score (nSPS) is 11.6. The summed E-state index contributed by atoms with van der Waals surface area (Å²) in [6, 6.07) is 9.93. The number of carbonyl (C=O) groups excluding carboxylic acids is 1. The lowest BCUT2D eigenvalue weighted by Gasteiger charge is -2.20. The second kappa shape index (κ2) is 8.56. The Morgan fingerprint density at radius 3 is 2.68 bits per heavy atom. The predicted molar refractivity (Wildman–Crippen MR) is 90.4 cm³/mol. The van der Waals surface area contributed by atoms with Crippen molar-refractivity contribution in [3.8, 4) is 5.69 Å². The molecule has 0 bridgehead atoms. The highest BCUT2D eigenvalue weighted by atomic mass is 35.5. The van der Waals surface area contributed by atoms with Crippen LogP contribution < -0.4 is 5.32 Å². The van der Waals surface area contributed by atoms with Crippen LogP contribution in [0.25, 0.3) is 5.69 Å². The third kappa shape index (κ3) is 4.58. The molecule has 120 valence electrons. The summed E-state index contributed by atoms with van der Waals surface area (Å²) in [6.07, 6.45) is 3.77. The number of carbonyl (C=O) groups is 1. The van der Waals surface area contributed by atoms with Crippen LogP contribution in [0.15, 0.2) is 42.7 Å². The Morgan fingerprint density at radius 2 is 2.05 bits per heavy atom. The van der Waals surface area contributed by atoms with Gasteiger partial charge in [-0.1, -0.05) is 25.1 Å². The number of hydrogen-bond donors (Lipinski definition) is 1. The first-order valence-electron chi connectivity index (χ1n) is 7.10. The first-order chi connectivity index (χ1) is 10.1. The van der Waals surface area contributed by atoms with E-state index in [0.29, 0.717) is 13.1 Å². The highest BCUT2D eigenvalue weighted by Crippen LogP contribution is 2.10. The van der Waals surface area contributed by atoms with Gasteiger partial charge in [0.15, 0.2) is 0 Å². The third-order valence-corrected chi connectivity index (χ3v) is 3.38. The SMILES string of the molecule is CNCC(C)C(=O)N(C)Cc1cnn(-c2ccccc2)c1.Cl. The van der Waals surface area contributed by atoms with Gasteiger partial charge in [-0.25, -0.2) is 4.68 Å². The van der Waals surface area contributed by atoms with Crippen molar-refractivity contribution in [1.29, 1.82) is 0 Å². The summed E-state index contributed by atoms with van der Waals surface area (Å²) in [7, 11) is 3.68. The molecule has 0 aliphatic rings. The van der Waals surface area contributed by atoms with Crippen molar-refractivity contribution in [2.45, 2.75) is 13.5 Å². The van der Waals surface area contributed by atoms with Crippen LogP contribution in [-0.4, -0.2) is 41.2 Å². The van der Waals surface area contributed by atoms with E-state index in [9.17, 15) is 4.79 Å². The van der Waals surface area contributed by atoms with Gasteiger partial charge in [-0.05, 0) is 19.2 Å². The summed E-state index contributed by atoms with van der Waals surface area (Å²) in [5.41, 5.74) is 2.03. The summed E-state index contributed by atoms with van der Waals surface area (Å²) in [6.45, 7) is 3.19. The molecule has 6 heteroatoms. The van der Waals surface area contributed by atoms with Crippen LogP contribution in [0.2, 0.25) is 0 Å². The molecule has 0 fully saturated rings. The Morgan fingerprint density at radius 1 is 1.36 bits per heavy atom. The van der Waals surface area contributed by atoms with Gasteiger partial charge in [-0.15, -0.1) is 12.4 Å². The number of benzene rings is 1. The summed E-state index contributed by atoms with van der Waals surface area (Å²) in [4.78, 5) is 13.9. The molecule has 1 amide bonds. The zero-order valence-electron chi connectivity index (χ0n) is 13.2. The van der Waals surface area contributed by atoms with Crippen molar-refractivity contribution in [3.05, 3.63) is 48.3 Å². The van der Waals surface area contributed by atoms with Crippen molar-refractivity contribution in [1.82, 2.24) is 20.0 Å². The molecule has 0 aliphatic heterocycles. The van der Waals surface area contributed by atoms with Crippen LogP contribution in [0.3, 0.4) is 0 Å². The number of rotatable bonds is 6. The van der Waals surface area contributed by atoms with Crippen molar-refractivity contribution >= 4 is 18.3 Å². The van der Waals surface area contributed by atoms with Crippen LogP contribution in [-0.2, 0) is 11.3 Å². The molecule has 1 aromatic heterocycles. The maximum absolute atomic E-state index is 12.2. The van der Waals surface area contributed by atoms with Gasteiger partial charge in [0.1, 0.15) is 0 Å². The molecule has 1 atom stereocenters. The maximum atomic E-state index is 12.2. The number of amides is 1. The van der Waals surface area contributed by atoms with E-state index >= 15 is 0 Å². The zero-order valence-corrected chi connectivity index (χ0v) is 14.0. The number of nitrogens with zero attached hydrogens (tertiary/aromatic N) is 3. The van der Waals surface area contributed by atoms with Gasteiger partial charge < -0.3 is 10.2 Å². The third-order valence-electron chi connectivity index (χ3n) is 3.38. The molecule has 1 unspecified atom stereocenters. The average Bonchev–Trinajstić information content (AvgIpc) is 2.96. The zero-order chi connectivity index (χ0) is 15.2. The molecule has 2 aromatic rings. The minimum atomic E-state index is -0.0239. The van der Waals surface area contributed by atoms with Crippen molar-refractivity contribution in [2.24, 2.45) is 5.92 Å². The molecule has 0 radical (unpaired) electrons. The Balaban J connectivity index is 0.00000242. The van der Waals surface area contributed by atoms with Gasteiger partial charge in [0.25, 0.3) is 0 Å². The van der Waals surface area contributed by atoms with E-state index in [1.54, 1.807) is 11.1 Å². The molecule has 1 aromatic carbocycles. The highest BCUT2D eigenvalue weighted by Gasteiger charge is 2.17. The maximum Gasteiger partial charge on any atom is 0.226 e. The van der Waals surface area contributed by atoms with Gasteiger partial charge in [0, 0.05) is 37.8 Å². The lowest BCUT2D eigenvalue weighted by atomic mass is 10.1. The topological polar surface area (TPSA) is 50.2 Å². The quantitative estimate of drug-likeness (QED) is 0.886. The second-order valence-corrected chi connectivity index (χ2v) is 5.28. The van der Waals surface area contributed by atoms with Crippen molar-refractivity contribution in [2.75, 3.05) is 20.6 Å². The summed E-state index contributed by atoms with van der Waals surface area (Å²) < 4.78 is 1.82. The van der Waals surface area contributed by atoms with Gasteiger partial charge >= 0.3 is 0 Å². The van der Waals surface area contributed by atoms with Crippen LogP contribution in [0.1, 0.15) is 12.5 Å². The van der Waals surface area contributed by atoms with Gasteiger partial charge in [-0.3, -0.25) is 4.79 Å². The Bertz CT molecular complexity index is 585. The number of nitrogens with one attached hydrogen (secondary N) is 1. The monoisotopic (exact) mass is 322 g/mol. The van der Waals surface area contributed by atoms with Gasteiger partial charge in [0.05, 0.1) is 11.9 Å². The van der Waals surface area contributed by atoms with E-state index in [1.807, 2.05) is 62.2 Å². The van der Waals surface area contributed by atoms with Crippen LogP contribution in [0.5, 0.6) is 0 Å². The number of halogens is 1. The largest absolute Gasteiger partial charge is 0.341 e. The Kier molecular flexibility index (Phi) is 7.08. The van der Waals surface area contributed by atoms with E-state index < -0.39 is 0 Å². The molecule has 1 N–H and O–H groups in total. The molecule has 2 rings (SSSR count). The first-order valence-corrected chi connectivity index (χ1v) is 7.10. The molecular formula is C16H23ClN4O. The molecule has 0 spiro atoms. The fourth-order valence-corrected chi connectivity index (χ4v) is 2.29. The van der Waals surface area contributed by atoms with Crippen LogP contribution in [0.4, 0.5) is 0 Å². The van der Waals surface area contributed by atoms with E-state index in [0.717, 1.165) is 11.3 Å². The number of aromatic nitrogens is 2. The van der Waals surface area contributed by atoms with E-state index in [2.05, 4.69) is 10.4 Å². The Hall–Kier alpha value is -1.85. The molecule has 1 heterocycles. The molecule has 0 saturated carbocycles. The summed E-state index contributed by atoms with van der Waals surface area (Å²) in [5, 5.41) is 7.38. The smallest absolute Gasteiger partial charge is 0.226 e. The fraction of sp³-hybridized carbons (Fsp3) is 0.375. The second-order valence-electron chi connectivity index (χ2n) is 5.28. The lowest BCUT2D eigenvalue weighted by Crippen LogP contribution is -2.35. The molecule has 22 heavy (non-hydrogen) atoms. The molecule has 0 saturated heterocycles. The summed E-state index contributed by atoms with van der Waals surface area (Å²) >= 11 is 0. The predicted octanol–water partition coefficient (Wildman–Crippen LogP) is 2.11. The van der Waals surface area contributed by atoms with E-state index in [1.165, 1.54) is 0 Å². The standard InChI is InChI=1S/C16H22N4O.ClH/c1-13(9-17-2)16(21)19(3)11-14-10-18-20(12-14)15-7-5-4-6-8-15;/h4-8,10,12-13,17H,9,11H2,1-3H3;1H. The molecule has 0 aliphatic carbocycles. The van der Waals surface area contributed by atoms with Crippen LogP contribution in [0, 0.1) is 5.92 Å². The number of hydrogen-bond acceptors (Lipinski definition) is 3. The fourth-order valence-electron chi connectivity index (χ4n) is 2.29. The van der Waals surface area contributed by atoms with Gasteiger partial charge in [-0.2, -0.15) is 5.10 Å². The average molecular weight is 323 g/mol. The number of para-hydroxylation sites is 1. The van der Waals surface area contributed by atoms with E-state index in [-0.39, 0.29) is 24.2 Å². The highest BCUT2D eigenvalue weighted by molar-refractivity contribution is 5.85. The van der Waals surface area contributed by atoms with Crippen molar-refractivity contribution in [3.63, 3.8) is 0 Å². The minimum Gasteiger partial charge on any atom is -0.341 e. The Labute approximate surface area is 137 Å². The minimum absolute atomic E-state index is 0. The van der Waals surface area contributed by atoms with E-state index in [4.69, 9.17) is 0 Å². The molecular weight excluding hydrogens is 300 g/mol.